The Kier molecular flexibility index (Phi) is 4.10. The number of rotatable bonds is 5. The maximum absolute atomic E-state index is 9.07. The Morgan fingerprint density at radius 2 is 2.00 bits per heavy atom. The molecule has 24 heavy (non-hydrogen) atoms. The van der Waals surface area contributed by atoms with Crippen LogP contribution in [0.2, 0.25) is 0 Å². The molecule has 4 rings (SSSR count). The van der Waals surface area contributed by atoms with Crippen LogP contribution >= 0.6 is 0 Å². The Labute approximate surface area is 142 Å². The Bertz CT molecular complexity index is 729. The maximum atomic E-state index is 9.07. The fourth-order valence-corrected chi connectivity index (χ4v) is 3.38. The highest BCUT2D eigenvalue weighted by molar-refractivity contribution is 5.53. The number of hydrogen-bond acceptors (Lipinski definition) is 5. The summed E-state index contributed by atoms with van der Waals surface area (Å²) in [5.41, 5.74) is 2.82. The number of fused-ring (bicyclic) bond motifs is 1. The molecule has 1 aromatic carbocycles. The van der Waals surface area contributed by atoms with Crippen LogP contribution in [0, 0.1) is 0 Å². The van der Waals surface area contributed by atoms with E-state index in [9.17, 15) is 0 Å². The van der Waals surface area contributed by atoms with Gasteiger partial charge in [-0.1, -0.05) is 24.3 Å². The predicted octanol–water partition coefficient (Wildman–Crippen LogP) is 2.71. The van der Waals surface area contributed by atoms with Gasteiger partial charge in [-0.3, -0.25) is 0 Å². The van der Waals surface area contributed by atoms with Gasteiger partial charge in [0.05, 0.1) is 6.61 Å². The molecule has 1 aliphatic heterocycles. The van der Waals surface area contributed by atoms with E-state index in [1.54, 1.807) is 0 Å². The van der Waals surface area contributed by atoms with Crippen LogP contribution in [-0.4, -0.2) is 34.3 Å². The molecule has 2 heterocycles. The molecule has 1 aliphatic carbocycles. The number of nitrogens with zero attached hydrogens (tertiary/aromatic N) is 3. The number of anilines is 2. The van der Waals surface area contributed by atoms with Gasteiger partial charge in [-0.25, -0.2) is 9.97 Å². The van der Waals surface area contributed by atoms with Gasteiger partial charge < -0.3 is 15.3 Å². The summed E-state index contributed by atoms with van der Waals surface area (Å²) in [5, 5.41) is 12.3. The molecule has 0 radical (unpaired) electrons. The van der Waals surface area contributed by atoms with Crippen molar-refractivity contribution in [3.8, 4) is 0 Å². The van der Waals surface area contributed by atoms with Crippen molar-refractivity contribution in [3.63, 3.8) is 0 Å². The number of benzene rings is 1. The monoisotopic (exact) mass is 324 g/mol. The molecule has 5 heteroatoms. The second kappa shape index (κ2) is 6.40. The maximum Gasteiger partial charge on any atom is 0.136 e. The summed E-state index contributed by atoms with van der Waals surface area (Å²) in [6.07, 6.45) is 3.40. The second-order valence-corrected chi connectivity index (χ2v) is 6.84. The number of aromatic nitrogens is 2. The molecular formula is C19H24N4O. The lowest BCUT2D eigenvalue weighted by Crippen LogP contribution is -2.39. The van der Waals surface area contributed by atoms with E-state index >= 15 is 0 Å². The fourth-order valence-electron chi connectivity index (χ4n) is 3.38. The number of aliphatic hydroxyl groups excluding tert-OH is 1. The number of nitrogens with one attached hydrogen (secondary N) is 1. The van der Waals surface area contributed by atoms with E-state index in [0.717, 1.165) is 30.4 Å². The third-order valence-electron chi connectivity index (χ3n) is 4.89. The standard InChI is InChI=1S/C19H24N4O/c1-13-10-15-4-2-3-5-16(15)12-23(13)18-11-17(20-8-9-24)21-19(22-18)14-6-7-14/h2-5,11,13-14,24H,6-10,12H2,1H3,(H,20,21,22)/t13-/m1/s1. The van der Waals surface area contributed by atoms with Crippen molar-refractivity contribution in [2.75, 3.05) is 23.4 Å². The fraction of sp³-hybridized carbons (Fsp3) is 0.474. The first-order valence-corrected chi connectivity index (χ1v) is 8.81. The molecular weight excluding hydrogens is 300 g/mol. The minimum Gasteiger partial charge on any atom is -0.395 e. The van der Waals surface area contributed by atoms with Gasteiger partial charge in [-0.05, 0) is 37.3 Å². The van der Waals surface area contributed by atoms with E-state index in [0.29, 0.717) is 18.5 Å². The lowest BCUT2D eigenvalue weighted by molar-refractivity contribution is 0.311. The van der Waals surface area contributed by atoms with Gasteiger partial charge in [0.15, 0.2) is 0 Å². The molecule has 0 unspecified atom stereocenters. The van der Waals surface area contributed by atoms with E-state index in [1.165, 1.54) is 24.0 Å². The van der Waals surface area contributed by atoms with Crippen molar-refractivity contribution in [1.29, 1.82) is 0 Å². The molecule has 0 saturated heterocycles. The largest absolute Gasteiger partial charge is 0.395 e. The van der Waals surface area contributed by atoms with Crippen LogP contribution in [0.3, 0.4) is 0 Å². The summed E-state index contributed by atoms with van der Waals surface area (Å²) in [6, 6.07) is 11.1. The Hall–Kier alpha value is -2.14. The van der Waals surface area contributed by atoms with Crippen molar-refractivity contribution >= 4 is 11.6 Å². The lowest BCUT2D eigenvalue weighted by atomic mass is 9.95. The van der Waals surface area contributed by atoms with Crippen molar-refractivity contribution < 1.29 is 5.11 Å². The third kappa shape index (κ3) is 3.08. The van der Waals surface area contributed by atoms with Gasteiger partial charge in [0.25, 0.3) is 0 Å². The van der Waals surface area contributed by atoms with E-state index in [4.69, 9.17) is 10.1 Å². The minimum atomic E-state index is 0.103. The number of hydrogen-bond donors (Lipinski definition) is 2. The highest BCUT2D eigenvalue weighted by Crippen LogP contribution is 2.39. The Balaban J connectivity index is 1.66. The summed E-state index contributed by atoms with van der Waals surface area (Å²) in [5.74, 6) is 3.27. The molecule has 2 aliphatic rings. The summed E-state index contributed by atoms with van der Waals surface area (Å²) in [4.78, 5) is 11.9. The highest BCUT2D eigenvalue weighted by Gasteiger charge is 2.30. The van der Waals surface area contributed by atoms with Gasteiger partial charge in [0.2, 0.25) is 0 Å². The van der Waals surface area contributed by atoms with E-state index in [-0.39, 0.29) is 6.61 Å². The van der Waals surface area contributed by atoms with Crippen molar-refractivity contribution in [2.24, 2.45) is 0 Å². The van der Waals surface area contributed by atoms with Crippen LogP contribution in [0.1, 0.15) is 42.6 Å². The number of aliphatic hydroxyl groups is 1. The molecule has 1 aromatic heterocycles. The first-order valence-electron chi connectivity index (χ1n) is 8.81. The second-order valence-electron chi connectivity index (χ2n) is 6.84. The molecule has 126 valence electrons. The summed E-state index contributed by atoms with van der Waals surface area (Å²) >= 11 is 0. The van der Waals surface area contributed by atoms with Gasteiger partial charge in [0.1, 0.15) is 17.5 Å². The van der Waals surface area contributed by atoms with E-state index in [1.807, 2.05) is 6.07 Å². The normalized spacial score (nSPS) is 19.9. The van der Waals surface area contributed by atoms with E-state index < -0.39 is 0 Å². The third-order valence-corrected chi connectivity index (χ3v) is 4.89. The van der Waals surface area contributed by atoms with Crippen LogP contribution in [0.25, 0.3) is 0 Å². The van der Waals surface area contributed by atoms with Gasteiger partial charge in [-0.2, -0.15) is 0 Å². The average molecular weight is 324 g/mol. The summed E-state index contributed by atoms with van der Waals surface area (Å²) in [6.45, 7) is 3.76. The zero-order valence-electron chi connectivity index (χ0n) is 14.1. The van der Waals surface area contributed by atoms with Crippen LogP contribution in [-0.2, 0) is 13.0 Å². The predicted molar refractivity (Wildman–Crippen MR) is 95.4 cm³/mol. The van der Waals surface area contributed by atoms with Crippen LogP contribution < -0.4 is 10.2 Å². The molecule has 0 bridgehead atoms. The minimum absolute atomic E-state index is 0.103. The van der Waals surface area contributed by atoms with Crippen LogP contribution in [0.5, 0.6) is 0 Å². The van der Waals surface area contributed by atoms with Crippen LogP contribution in [0.4, 0.5) is 11.6 Å². The van der Waals surface area contributed by atoms with Gasteiger partial charge >= 0.3 is 0 Å². The van der Waals surface area contributed by atoms with Crippen LogP contribution in [0.15, 0.2) is 30.3 Å². The Morgan fingerprint density at radius 3 is 2.75 bits per heavy atom. The Morgan fingerprint density at radius 1 is 1.21 bits per heavy atom. The van der Waals surface area contributed by atoms with E-state index in [2.05, 4.69) is 46.4 Å². The smallest absolute Gasteiger partial charge is 0.136 e. The molecule has 1 saturated carbocycles. The van der Waals surface area contributed by atoms with Gasteiger partial charge in [-0.15, -0.1) is 0 Å². The molecule has 1 atom stereocenters. The highest BCUT2D eigenvalue weighted by atomic mass is 16.3. The molecule has 0 amide bonds. The van der Waals surface area contributed by atoms with Crippen molar-refractivity contribution in [2.45, 2.75) is 44.7 Å². The topological polar surface area (TPSA) is 61.3 Å². The first kappa shape index (κ1) is 15.4. The molecule has 0 spiro atoms. The summed E-state index contributed by atoms with van der Waals surface area (Å²) < 4.78 is 0. The zero-order valence-corrected chi connectivity index (χ0v) is 14.1. The molecule has 2 aromatic rings. The molecule has 5 nitrogen and oxygen atoms in total. The quantitative estimate of drug-likeness (QED) is 0.885. The summed E-state index contributed by atoms with van der Waals surface area (Å²) in [7, 11) is 0. The van der Waals surface area contributed by atoms with Crippen molar-refractivity contribution in [1.82, 2.24) is 9.97 Å². The molecule has 1 fully saturated rings. The SMILES string of the molecule is C[C@@H]1Cc2ccccc2CN1c1cc(NCCO)nc(C2CC2)n1. The zero-order chi connectivity index (χ0) is 16.5. The van der Waals surface area contributed by atoms with Crippen molar-refractivity contribution in [3.05, 3.63) is 47.3 Å². The first-order chi connectivity index (χ1) is 11.7. The van der Waals surface area contributed by atoms with Gasteiger partial charge in [0, 0.05) is 31.1 Å². The average Bonchev–Trinajstić information content (AvgIpc) is 3.44. The molecule has 2 N–H and O–H groups in total. The lowest BCUT2D eigenvalue weighted by Gasteiger charge is -2.36.